The Kier molecular flexibility index (Phi) is 5.48. The Balaban J connectivity index is 1.32. The maximum Gasteiger partial charge on any atom is 0.188 e. The first-order chi connectivity index (χ1) is 15.7. The molecule has 160 valence electrons. The van der Waals surface area contributed by atoms with E-state index in [0.29, 0.717) is 11.3 Å². The van der Waals surface area contributed by atoms with Gasteiger partial charge in [0.05, 0.1) is 34.6 Å². The Morgan fingerprint density at radius 1 is 0.969 bits per heavy atom. The maximum absolute atomic E-state index is 9.20. The monoisotopic (exact) mass is 442 g/mol. The van der Waals surface area contributed by atoms with Gasteiger partial charge in [-0.3, -0.25) is 4.98 Å². The molecule has 0 saturated carbocycles. The summed E-state index contributed by atoms with van der Waals surface area (Å²) in [6.07, 6.45) is 3.69. The lowest BCUT2D eigenvalue weighted by atomic mass is 10.2. The van der Waals surface area contributed by atoms with Crippen molar-refractivity contribution in [2.24, 2.45) is 0 Å². The summed E-state index contributed by atoms with van der Waals surface area (Å²) in [5, 5.41) is 13.3. The van der Waals surface area contributed by atoms with Gasteiger partial charge in [-0.25, -0.2) is 4.98 Å². The second-order valence-corrected chi connectivity index (χ2v) is 8.53. The molecule has 1 aliphatic heterocycles. The fourth-order valence-electron chi connectivity index (χ4n) is 3.93. The summed E-state index contributed by atoms with van der Waals surface area (Å²) in [5.41, 5.74) is 4.68. The molecule has 1 saturated heterocycles. The minimum Gasteiger partial charge on any atom is -0.495 e. The second kappa shape index (κ2) is 8.73. The topological polar surface area (TPSA) is 77.3 Å². The van der Waals surface area contributed by atoms with Gasteiger partial charge in [0.25, 0.3) is 0 Å². The van der Waals surface area contributed by atoms with Gasteiger partial charge in [-0.15, -0.1) is 0 Å². The van der Waals surface area contributed by atoms with E-state index in [2.05, 4.69) is 56.5 Å². The highest BCUT2D eigenvalue weighted by molar-refractivity contribution is 7.22. The lowest BCUT2D eigenvalue weighted by Crippen LogP contribution is -2.46. The van der Waals surface area contributed by atoms with Crippen LogP contribution in [-0.2, 0) is 0 Å². The molecular weight excluding hydrogens is 420 g/mol. The van der Waals surface area contributed by atoms with Gasteiger partial charge in [0, 0.05) is 49.9 Å². The van der Waals surface area contributed by atoms with Crippen molar-refractivity contribution >= 4 is 43.7 Å². The molecule has 5 rings (SSSR count). The molecule has 0 atom stereocenters. The normalized spacial score (nSPS) is 13.8. The predicted molar refractivity (Wildman–Crippen MR) is 129 cm³/mol. The molecule has 1 aliphatic rings. The number of nitriles is 1. The maximum atomic E-state index is 9.20. The van der Waals surface area contributed by atoms with Crippen LogP contribution in [0.2, 0.25) is 0 Å². The molecule has 0 spiro atoms. The number of benzene rings is 2. The van der Waals surface area contributed by atoms with E-state index in [-0.39, 0.29) is 0 Å². The number of thiazole rings is 1. The fourth-order valence-corrected chi connectivity index (χ4v) is 4.79. The fraction of sp³-hybridized carbons (Fsp3) is 0.208. The van der Waals surface area contributed by atoms with Crippen LogP contribution in [0.25, 0.3) is 10.2 Å². The number of hydrogen-bond acceptors (Lipinski definition) is 8. The zero-order valence-electron chi connectivity index (χ0n) is 17.7. The number of hydrogen-bond donors (Lipinski definition) is 1. The number of nitrogens with one attached hydrogen (secondary N) is 1. The molecule has 1 N–H and O–H groups in total. The average Bonchev–Trinajstić information content (AvgIpc) is 3.26. The highest BCUT2D eigenvalue weighted by atomic mass is 32.1. The molecule has 0 aliphatic carbocycles. The third-order valence-electron chi connectivity index (χ3n) is 5.61. The zero-order chi connectivity index (χ0) is 21.9. The summed E-state index contributed by atoms with van der Waals surface area (Å²) >= 11 is 1.58. The van der Waals surface area contributed by atoms with Crippen molar-refractivity contribution in [1.29, 1.82) is 5.26 Å². The number of methoxy groups -OCH3 is 1. The molecular formula is C24H22N6OS. The summed E-state index contributed by atoms with van der Waals surface area (Å²) in [6, 6.07) is 18.0. The number of anilines is 4. The lowest BCUT2D eigenvalue weighted by molar-refractivity contribution is 0.417. The Labute approximate surface area is 190 Å². The Morgan fingerprint density at radius 3 is 2.44 bits per heavy atom. The van der Waals surface area contributed by atoms with Crippen LogP contribution >= 0.6 is 11.3 Å². The van der Waals surface area contributed by atoms with Gasteiger partial charge < -0.3 is 19.9 Å². The van der Waals surface area contributed by atoms with E-state index in [1.807, 2.05) is 12.4 Å². The van der Waals surface area contributed by atoms with Gasteiger partial charge in [0.15, 0.2) is 5.13 Å². The molecule has 2 aromatic carbocycles. The Bertz CT molecular complexity index is 1270. The van der Waals surface area contributed by atoms with Crippen molar-refractivity contribution in [2.75, 3.05) is 48.4 Å². The number of ether oxygens (including phenoxy) is 1. The number of pyridine rings is 1. The number of piperazine rings is 1. The van der Waals surface area contributed by atoms with Crippen molar-refractivity contribution in [3.05, 3.63) is 66.5 Å². The van der Waals surface area contributed by atoms with Gasteiger partial charge in [-0.05, 0) is 48.5 Å². The van der Waals surface area contributed by atoms with Crippen LogP contribution in [0.4, 0.5) is 22.2 Å². The molecule has 0 amide bonds. The standard InChI is InChI=1S/C24H22N6OS/c1-31-22-4-2-17(16-25)14-20(22)27-24-28-21-15-19(3-5-23(21)32-24)30-12-10-29(11-13-30)18-6-8-26-9-7-18/h2-9,14-15H,10-13H2,1H3,(H,27,28). The van der Waals surface area contributed by atoms with Crippen LogP contribution in [0, 0.1) is 11.3 Å². The summed E-state index contributed by atoms with van der Waals surface area (Å²) < 4.78 is 6.53. The average molecular weight is 443 g/mol. The number of nitrogens with zero attached hydrogens (tertiary/aromatic N) is 5. The second-order valence-electron chi connectivity index (χ2n) is 7.50. The quantitative estimate of drug-likeness (QED) is 0.482. The van der Waals surface area contributed by atoms with Crippen LogP contribution in [0.3, 0.4) is 0 Å². The molecule has 2 aromatic heterocycles. The number of fused-ring (bicyclic) bond motifs is 1. The molecule has 0 unspecified atom stereocenters. The first-order valence-electron chi connectivity index (χ1n) is 10.4. The molecule has 8 heteroatoms. The van der Waals surface area contributed by atoms with Crippen molar-refractivity contribution in [2.45, 2.75) is 0 Å². The van der Waals surface area contributed by atoms with E-state index in [9.17, 15) is 5.26 Å². The van der Waals surface area contributed by atoms with Crippen LogP contribution in [0.1, 0.15) is 5.56 Å². The molecule has 4 aromatic rings. The minimum atomic E-state index is 0.572. The third-order valence-corrected chi connectivity index (χ3v) is 6.57. The SMILES string of the molecule is COc1ccc(C#N)cc1Nc1nc2cc(N3CCN(c4ccncc4)CC3)ccc2s1. The summed E-state index contributed by atoms with van der Waals surface area (Å²) in [4.78, 5) is 13.7. The summed E-state index contributed by atoms with van der Waals surface area (Å²) in [6.45, 7) is 3.87. The Morgan fingerprint density at radius 2 is 1.72 bits per heavy atom. The van der Waals surface area contributed by atoms with Gasteiger partial charge in [0.2, 0.25) is 0 Å². The van der Waals surface area contributed by atoms with Crippen LogP contribution in [-0.4, -0.2) is 43.3 Å². The zero-order valence-corrected chi connectivity index (χ0v) is 18.5. The van der Waals surface area contributed by atoms with Crippen LogP contribution in [0.15, 0.2) is 60.9 Å². The number of aromatic nitrogens is 2. The Hall–Kier alpha value is -3.83. The van der Waals surface area contributed by atoms with E-state index in [1.165, 1.54) is 11.4 Å². The van der Waals surface area contributed by atoms with Gasteiger partial charge in [0.1, 0.15) is 5.75 Å². The first-order valence-corrected chi connectivity index (χ1v) is 11.2. The molecule has 7 nitrogen and oxygen atoms in total. The molecule has 0 radical (unpaired) electrons. The van der Waals surface area contributed by atoms with Crippen LogP contribution < -0.4 is 19.9 Å². The van der Waals surface area contributed by atoms with Crippen molar-refractivity contribution in [3.8, 4) is 11.8 Å². The van der Waals surface area contributed by atoms with Crippen molar-refractivity contribution in [3.63, 3.8) is 0 Å². The van der Waals surface area contributed by atoms with E-state index in [4.69, 9.17) is 9.72 Å². The summed E-state index contributed by atoms with van der Waals surface area (Å²) in [5.74, 6) is 0.677. The van der Waals surface area contributed by atoms with Gasteiger partial charge in [-0.2, -0.15) is 5.26 Å². The van der Waals surface area contributed by atoms with E-state index >= 15 is 0 Å². The number of rotatable bonds is 5. The highest BCUT2D eigenvalue weighted by Crippen LogP contribution is 2.34. The lowest BCUT2D eigenvalue weighted by Gasteiger charge is -2.37. The van der Waals surface area contributed by atoms with E-state index in [1.54, 1.807) is 36.6 Å². The molecule has 1 fully saturated rings. The minimum absolute atomic E-state index is 0.572. The smallest absolute Gasteiger partial charge is 0.188 e. The van der Waals surface area contributed by atoms with Crippen LogP contribution in [0.5, 0.6) is 5.75 Å². The molecule has 0 bridgehead atoms. The predicted octanol–water partition coefficient (Wildman–Crippen LogP) is 4.64. The van der Waals surface area contributed by atoms with Crippen molar-refractivity contribution in [1.82, 2.24) is 9.97 Å². The highest BCUT2D eigenvalue weighted by Gasteiger charge is 2.18. The summed E-state index contributed by atoms with van der Waals surface area (Å²) in [7, 11) is 1.62. The van der Waals surface area contributed by atoms with Gasteiger partial charge >= 0.3 is 0 Å². The van der Waals surface area contributed by atoms with Gasteiger partial charge in [-0.1, -0.05) is 11.3 Å². The third kappa shape index (κ3) is 4.03. The first kappa shape index (κ1) is 20.1. The molecule has 32 heavy (non-hydrogen) atoms. The molecule has 3 heterocycles. The largest absolute Gasteiger partial charge is 0.495 e. The van der Waals surface area contributed by atoms with E-state index < -0.39 is 0 Å². The van der Waals surface area contributed by atoms with Crippen molar-refractivity contribution < 1.29 is 4.74 Å². The van der Waals surface area contributed by atoms with E-state index in [0.717, 1.165) is 47.2 Å².